The number of nitrogens with one attached hydrogen (secondary N) is 1. The van der Waals surface area contributed by atoms with Gasteiger partial charge in [-0.2, -0.15) is 5.10 Å². The fraction of sp³-hybridized carbons (Fsp3) is 0.467. The summed E-state index contributed by atoms with van der Waals surface area (Å²) in [5, 5.41) is 7.64. The van der Waals surface area contributed by atoms with Crippen LogP contribution in [-0.4, -0.2) is 33.5 Å². The highest BCUT2D eigenvalue weighted by Crippen LogP contribution is 2.26. The summed E-state index contributed by atoms with van der Waals surface area (Å²) in [7, 11) is 0. The van der Waals surface area contributed by atoms with E-state index in [2.05, 4.69) is 46.6 Å². The monoisotopic (exact) mass is 272 g/mol. The zero-order valence-corrected chi connectivity index (χ0v) is 11.7. The van der Waals surface area contributed by atoms with Crippen LogP contribution in [0.15, 0.2) is 36.9 Å². The molecule has 1 aromatic carbocycles. The topological polar surface area (TPSA) is 52.0 Å². The van der Waals surface area contributed by atoms with E-state index in [0.29, 0.717) is 12.1 Å². The number of anilines is 1. The van der Waals surface area contributed by atoms with E-state index in [1.807, 2.05) is 4.68 Å². The largest absolute Gasteiger partial charge is 0.382 e. The molecule has 0 bridgehead atoms. The number of benzene rings is 1. The molecular formula is C15H20N4O. The van der Waals surface area contributed by atoms with E-state index in [1.54, 1.807) is 12.7 Å². The molecule has 1 aliphatic rings. The SMILES string of the molecule is CCOC1CC(Nc2ccc(Cn3cncn3)cc2)C1. The normalized spacial score (nSPS) is 21.4. The smallest absolute Gasteiger partial charge is 0.137 e. The lowest BCUT2D eigenvalue weighted by Gasteiger charge is -2.36. The maximum atomic E-state index is 5.57. The number of hydrogen-bond acceptors (Lipinski definition) is 4. The second-order valence-electron chi connectivity index (χ2n) is 5.18. The van der Waals surface area contributed by atoms with Crippen molar-refractivity contribution in [3.05, 3.63) is 42.5 Å². The Labute approximate surface area is 119 Å². The van der Waals surface area contributed by atoms with Crippen molar-refractivity contribution in [1.82, 2.24) is 14.8 Å². The van der Waals surface area contributed by atoms with Crippen LogP contribution in [0.2, 0.25) is 0 Å². The maximum Gasteiger partial charge on any atom is 0.137 e. The fourth-order valence-electron chi connectivity index (χ4n) is 2.50. The Kier molecular flexibility index (Phi) is 3.97. The van der Waals surface area contributed by atoms with Crippen LogP contribution in [0.25, 0.3) is 0 Å². The highest BCUT2D eigenvalue weighted by molar-refractivity contribution is 5.46. The van der Waals surface area contributed by atoms with Gasteiger partial charge in [0, 0.05) is 18.3 Å². The predicted octanol–water partition coefficient (Wildman–Crippen LogP) is 2.31. The Morgan fingerprint density at radius 1 is 1.30 bits per heavy atom. The van der Waals surface area contributed by atoms with E-state index in [9.17, 15) is 0 Å². The molecule has 0 aliphatic heterocycles. The second-order valence-corrected chi connectivity index (χ2v) is 5.18. The second kappa shape index (κ2) is 6.05. The van der Waals surface area contributed by atoms with Gasteiger partial charge in [-0.15, -0.1) is 0 Å². The van der Waals surface area contributed by atoms with Crippen molar-refractivity contribution < 1.29 is 4.74 Å². The lowest BCUT2D eigenvalue weighted by molar-refractivity contribution is 0.00299. The number of rotatable bonds is 6. The Morgan fingerprint density at radius 2 is 2.10 bits per heavy atom. The van der Waals surface area contributed by atoms with Crippen LogP contribution in [0.4, 0.5) is 5.69 Å². The van der Waals surface area contributed by atoms with Gasteiger partial charge in [0.2, 0.25) is 0 Å². The van der Waals surface area contributed by atoms with Crippen molar-refractivity contribution in [2.75, 3.05) is 11.9 Å². The standard InChI is InChI=1S/C15H20N4O/c1-2-20-15-7-14(8-15)18-13-5-3-12(4-6-13)9-19-11-16-10-17-19/h3-6,10-11,14-15,18H,2,7-9H2,1H3. The highest BCUT2D eigenvalue weighted by atomic mass is 16.5. The first-order valence-corrected chi connectivity index (χ1v) is 7.13. The van der Waals surface area contributed by atoms with Crippen molar-refractivity contribution in [2.24, 2.45) is 0 Å². The Hall–Kier alpha value is -1.88. The first-order valence-electron chi connectivity index (χ1n) is 7.13. The number of aromatic nitrogens is 3. The van der Waals surface area contributed by atoms with Crippen molar-refractivity contribution in [3.8, 4) is 0 Å². The van der Waals surface area contributed by atoms with Crippen LogP contribution >= 0.6 is 0 Å². The molecule has 1 fully saturated rings. The quantitative estimate of drug-likeness (QED) is 0.876. The molecule has 0 amide bonds. The van der Waals surface area contributed by atoms with Gasteiger partial charge in [0.15, 0.2) is 0 Å². The van der Waals surface area contributed by atoms with Gasteiger partial charge in [0.1, 0.15) is 12.7 Å². The molecule has 0 radical (unpaired) electrons. The first-order chi connectivity index (χ1) is 9.83. The summed E-state index contributed by atoms with van der Waals surface area (Å²) in [4.78, 5) is 3.94. The molecule has 1 N–H and O–H groups in total. The molecule has 1 saturated carbocycles. The van der Waals surface area contributed by atoms with E-state index < -0.39 is 0 Å². The minimum atomic E-state index is 0.448. The minimum Gasteiger partial charge on any atom is -0.382 e. The van der Waals surface area contributed by atoms with Crippen LogP contribution in [-0.2, 0) is 11.3 Å². The predicted molar refractivity (Wildman–Crippen MR) is 77.6 cm³/mol. The summed E-state index contributed by atoms with van der Waals surface area (Å²) in [5.41, 5.74) is 2.40. The van der Waals surface area contributed by atoms with Crippen molar-refractivity contribution in [2.45, 2.75) is 38.5 Å². The molecule has 0 unspecified atom stereocenters. The molecule has 0 atom stereocenters. The van der Waals surface area contributed by atoms with Crippen LogP contribution in [0.5, 0.6) is 0 Å². The molecule has 0 saturated heterocycles. The van der Waals surface area contributed by atoms with Gasteiger partial charge in [-0.25, -0.2) is 9.67 Å². The lowest BCUT2D eigenvalue weighted by Crippen LogP contribution is -2.40. The van der Waals surface area contributed by atoms with E-state index in [0.717, 1.165) is 26.0 Å². The van der Waals surface area contributed by atoms with E-state index in [1.165, 1.54) is 11.3 Å². The molecular weight excluding hydrogens is 252 g/mol. The average Bonchev–Trinajstić information content (AvgIpc) is 2.91. The molecule has 2 aromatic rings. The molecule has 1 heterocycles. The summed E-state index contributed by atoms with van der Waals surface area (Å²) in [6.45, 7) is 3.62. The van der Waals surface area contributed by atoms with Gasteiger partial charge in [-0.05, 0) is 37.5 Å². The van der Waals surface area contributed by atoms with Crippen LogP contribution in [0.1, 0.15) is 25.3 Å². The summed E-state index contributed by atoms with van der Waals surface area (Å²) >= 11 is 0. The third kappa shape index (κ3) is 3.17. The Morgan fingerprint density at radius 3 is 2.75 bits per heavy atom. The number of nitrogens with zero attached hydrogens (tertiary/aromatic N) is 3. The number of ether oxygens (including phenoxy) is 1. The molecule has 5 nitrogen and oxygen atoms in total. The van der Waals surface area contributed by atoms with Gasteiger partial charge < -0.3 is 10.1 Å². The molecule has 20 heavy (non-hydrogen) atoms. The van der Waals surface area contributed by atoms with E-state index >= 15 is 0 Å². The Balaban J connectivity index is 1.49. The average molecular weight is 272 g/mol. The van der Waals surface area contributed by atoms with Crippen molar-refractivity contribution in [3.63, 3.8) is 0 Å². The summed E-state index contributed by atoms with van der Waals surface area (Å²) in [5.74, 6) is 0. The van der Waals surface area contributed by atoms with E-state index in [4.69, 9.17) is 4.74 Å². The number of hydrogen-bond donors (Lipinski definition) is 1. The molecule has 106 valence electrons. The molecule has 1 aromatic heterocycles. The molecule has 5 heteroatoms. The maximum absolute atomic E-state index is 5.57. The third-order valence-corrected chi connectivity index (χ3v) is 3.63. The van der Waals surface area contributed by atoms with Gasteiger partial charge in [-0.1, -0.05) is 12.1 Å². The molecule has 1 aliphatic carbocycles. The highest BCUT2D eigenvalue weighted by Gasteiger charge is 2.29. The van der Waals surface area contributed by atoms with Gasteiger partial charge >= 0.3 is 0 Å². The third-order valence-electron chi connectivity index (χ3n) is 3.63. The summed E-state index contributed by atoms with van der Waals surface area (Å²) in [6.07, 6.45) is 5.95. The van der Waals surface area contributed by atoms with Gasteiger partial charge in [0.05, 0.1) is 12.6 Å². The summed E-state index contributed by atoms with van der Waals surface area (Å²) < 4.78 is 7.39. The van der Waals surface area contributed by atoms with Crippen LogP contribution < -0.4 is 5.32 Å². The van der Waals surface area contributed by atoms with Gasteiger partial charge in [0.25, 0.3) is 0 Å². The van der Waals surface area contributed by atoms with Crippen molar-refractivity contribution >= 4 is 5.69 Å². The first kappa shape index (κ1) is 13.1. The van der Waals surface area contributed by atoms with Crippen molar-refractivity contribution in [1.29, 1.82) is 0 Å². The minimum absolute atomic E-state index is 0.448. The lowest BCUT2D eigenvalue weighted by atomic mass is 9.89. The molecule has 3 rings (SSSR count). The summed E-state index contributed by atoms with van der Waals surface area (Å²) in [6, 6.07) is 9.05. The van der Waals surface area contributed by atoms with Crippen LogP contribution in [0.3, 0.4) is 0 Å². The van der Waals surface area contributed by atoms with Gasteiger partial charge in [-0.3, -0.25) is 0 Å². The van der Waals surface area contributed by atoms with Crippen LogP contribution in [0, 0.1) is 0 Å². The van der Waals surface area contributed by atoms with E-state index in [-0.39, 0.29) is 0 Å². The fourth-order valence-corrected chi connectivity index (χ4v) is 2.50. The zero-order valence-electron chi connectivity index (χ0n) is 11.7. The zero-order chi connectivity index (χ0) is 13.8. The Bertz CT molecular complexity index is 517. The molecule has 0 spiro atoms.